The maximum Gasteiger partial charge on any atom is 0.0701 e. The van der Waals surface area contributed by atoms with Crippen LogP contribution >= 0.6 is 0 Å². The van der Waals surface area contributed by atoms with Crippen LogP contribution in [0.4, 0.5) is 0 Å². The molecule has 0 aliphatic rings. The molecule has 0 heterocycles. The first-order chi connectivity index (χ1) is 9.27. The lowest BCUT2D eigenvalue weighted by Crippen LogP contribution is -2.24. The van der Waals surface area contributed by atoms with Gasteiger partial charge in [0.15, 0.2) is 0 Å². The topological polar surface area (TPSA) is 60.0 Å². The zero-order valence-electron chi connectivity index (χ0n) is 12.5. The second kappa shape index (κ2) is 15.9. The molecule has 0 aromatic carbocycles. The Morgan fingerprint density at radius 1 is 0.895 bits per heavy atom. The SMILES string of the molecule is CCCCOCCOCCOCCNCCC(C)O. The van der Waals surface area contributed by atoms with Crippen LogP contribution in [0.25, 0.3) is 0 Å². The molecule has 0 spiro atoms. The summed E-state index contributed by atoms with van der Waals surface area (Å²) in [5.41, 5.74) is 0. The van der Waals surface area contributed by atoms with Gasteiger partial charge in [-0.15, -0.1) is 0 Å². The van der Waals surface area contributed by atoms with Crippen molar-refractivity contribution in [1.82, 2.24) is 5.32 Å². The fraction of sp³-hybridized carbons (Fsp3) is 1.00. The zero-order valence-corrected chi connectivity index (χ0v) is 12.5. The molecule has 19 heavy (non-hydrogen) atoms. The lowest BCUT2D eigenvalue weighted by Gasteiger charge is -2.08. The molecule has 0 aliphatic heterocycles. The van der Waals surface area contributed by atoms with E-state index in [1.807, 2.05) is 0 Å². The average Bonchev–Trinajstić information content (AvgIpc) is 2.39. The zero-order chi connectivity index (χ0) is 14.2. The number of aliphatic hydroxyl groups is 1. The monoisotopic (exact) mass is 277 g/mol. The smallest absolute Gasteiger partial charge is 0.0701 e. The quantitative estimate of drug-likeness (QED) is 0.440. The van der Waals surface area contributed by atoms with Crippen molar-refractivity contribution in [1.29, 1.82) is 0 Å². The van der Waals surface area contributed by atoms with Crippen LogP contribution in [-0.2, 0) is 14.2 Å². The molecule has 116 valence electrons. The number of aliphatic hydroxyl groups excluding tert-OH is 1. The van der Waals surface area contributed by atoms with E-state index in [0.717, 1.165) is 32.5 Å². The van der Waals surface area contributed by atoms with Crippen molar-refractivity contribution in [3.8, 4) is 0 Å². The van der Waals surface area contributed by atoms with Crippen LogP contribution in [0.3, 0.4) is 0 Å². The minimum Gasteiger partial charge on any atom is -0.393 e. The van der Waals surface area contributed by atoms with E-state index in [4.69, 9.17) is 19.3 Å². The fourth-order valence-electron chi connectivity index (χ4n) is 1.37. The number of hydrogen-bond acceptors (Lipinski definition) is 5. The molecule has 1 unspecified atom stereocenters. The van der Waals surface area contributed by atoms with E-state index in [1.54, 1.807) is 6.92 Å². The van der Waals surface area contributed by atoms with Gasteiger partial charge in [-0.2, -0.15) is 0 Å². The van der Waals surface area contributed by atoms with Crippen molar-refractivity contribution in [3.63, 3.8) is 0 Å². The standard InChI is InChI=1S/C14H31NO4/c1-3-4-8-17-10-12-19-13-11-18-9-7-15-6-5-14(2)16/h14-16H,3-13H2,1-2H3. The summed E-state index contributed by atoms with van der Waals surface area (Å²) in [5, 5.41) is 12.2. The van der Waals surface area contributed by atoms with Gasteiger partial charge in [0.1, 0.15) is 0 Å². The lowest BCUT2D eigenvalue weighted by atomic mass is 10.3. The molecular weight excluding hydrogens is 246 g/mol. The minimum absolute atomic E-state index is 0.235. The number of hydrogen-bond donors (Lipinski definition) is 2. The number of ether oxygens (including phenoxy) is 3. The van der Waals surface area contributed by atoms with Gasteiger partial charge in [-0.25, -0.2) is 0 Å². The maximum atomic E-state index is 9.05. The Bertz CT molecular complexity index is 168. The van der Waals surface area contributed by atoms with Crippen molar-refractivity contribution in [3.05, 3.63) is 0 Å². The Kier molecular flexibility index (Phi) is 15.7. The molecule has 0 aromatic heterocycles. The molecule has 0 saturated heterocycles. The molecular formula is C14H31NO4. The van der Waals surface area contributed by atoms with Gasteiger partial charge in [-0.05, 0) is 26.3 Å². The molecule has 0 radical (unpaired) electrons. The van der Waals surface area contributed by atoms with Gasteiger partial charge in [0.2, 0.25) is 0 Å². The van der Waals surface area contributed by atoms with Crippen LogP contribution in [0.2, 0.25) is 0 Å². The second-order valence-corrected chi connectivity index (χ2v) is 4.58. The van der Waals surface area contributed by atoms with E-state index < -0.39 is 0 Å². The summed E-state index contributed by atoms with van der Waals surface area (Å²) in [6, 6.07) is 0. The highest BCUT2D eigenvalue weighted by Gasteiger charge is 1.95. The number of unbranched alkanes of at least 4 members (excludes halogenated alkanes) is 1. The molecule has 0 aliphatic carbocycles. The van der Waals surface area contributed by atoms with Crippen LogP contribution in [0, 0.1) is 0 Å². The Labute approximate surface area is 117 Å². The van der Waals surface area contributed by atoms with E-state index in [9.17, 15) is 0 Å². The van der Waals surface area contributed by atoms with E-state index in [-0.39, 0.29) is 6.10 Å². The average molecular weight is 277 g/mol. The summed E-state index contributed by atoms with van der Waals surface area (Å²) in [4.78, 5) is 0. The third-order valence-corrected chi connectivity index (χ3v) is 2.55. The first kappa shape index (κ1) is 18.8. The van der Waals surface area contributed by atoms with E-state index in [1.165, 1.54) is 6.42 Å². The second-order valence-electron chi connectivity index (χ2n) is 4.58. The van der Waals surface area contributed by atoms with Crippen molar-refractivity contribution >= 4 is 0 Å². The molecule has 0 rings (SSSR count). The largest absolute Gasteiger partial charge is 0.393 e. The van der Waals surface area contributed by atoms with Crippen molar-refractivity contribution < 1.29 is 19.3 Å². The van der Waals surface area contributed by atoms with Crippen LogP contribution < -0.4 is 5.32 Å². The molecule has 0 saturated carbocycles. The first-order valence-corrected chi connectivity index (χ1v) is 7.39. The Balaban J connectivity index is 2.91. The highest BCUT2D eigenvalue weighted by molar-refractivity contribution is 4.51. The van der Waals surface area contributed by atoms with Gasteiger partial charge >= 0.3 is 0 Å². The summed E-state index contributed by atoms with van der Waals surface area (Å²) in [6.07, 6.45) is 2.83. The van der Waals surface area contributed by atoms with Crippen LogP contribution in [0.15, 0.2) is 0 Å². The summed E-state index contributed by atoms with van der Waals surface area (Å²) in [5.74, 6) is 0. The van der Waals surface area contributed by atoms with Crippen LogP contribution in [0.1, 0.15) is 33.1 Å². The molecule has 2 N–H and O–H groups in total. The van der Waals surface area contributed by atoms with Crippen LogP contribution in [0.5, 0.6) is 0 Å². The molecule has 5 heteroatoms. The predicted octanol–water partition coefficient (Wildman–Crippen LogP) is 1.20. The van der Waals surface area contributed by atoms with E-state index in [0.29, 0.717) is 33.0 Å². The summed E-state index contributed by atoms with van der Waals surface area (Å²) >= 11 is 0. The Morgan fingerprint density at radius 2 is 1.47 bits per heavy atom. The van der Waals surface area contributed by atoms with Gasteiger partial charge in [-0.1, -0.05) is 13.3 Å². The Hall–Kier alpha value is -0.200. The predicted molar refractivity (Wildman–Crippen MR) is 76.5 cm³/mol. The molecule has 0 aromatic rings. The highest BCUT2D eigenvalue weighted by Crippen LogP contribution is 1.88. The van der Waals surface area contributed by atoms with Gasteiger partial charge < -0.3 is 24.6 Å². The summed E-state index contributed by atoms with van der Waals surface area (Å²) in [7, 11) is 0. The van der Waals surface area contributed by atoms with E-state index >= 15 is 0 Å². The first-order valence-electron chi connectivity index (χ1n) is 7.39. The molecule has 0 bridgehead atoms. The third-order valence-electron chi connectivity index (χ3n) is 2.55. The highest BCUT2D eigenvalue weighted by atomic mass is 16.5. The molecule has 1 atom stereocenters. The fourth-order valence-corrected chi connectivity index (χ4v) is 1.37. The van der Waals surface area contributed by atoms with Crippen molar-refractivity contribution in [2.75, 3.05) is 52.7 Å². The minimum atomic E-state index is -0.235. The van der Waals surface area contributed by atoms with Gasteiger partial charge in [0.05, 0.1) is 39.1 Å². The third kappa shape index (κ3) is 17.8. The van der Waals surface area contributed by atoms with E-state index in [2.05, 4.69) is 12.2 Å². The van der Waals surface area contributed by atoms with Crippen molar-refractivity contribution in [2.45, 2.75) is 39.2 Å². The van der Waals surface area contributed by atoms with Gasteiger partial charge in [0.25, 0.3) is 0 Å². The summed E-state index contributed by atoms with van der Waals surface area (Å²) < 4.78 is 16.1. The van der Waals surface area contributed by atoms with Gasteiger partial charge in [0, 0.05) is 13.2 Å². The number of nitrogens with one attached hydrogen (secondary N) is 1. The molecule has 0 amide bonds. The lowest BCUT2D eigenvalue weighted by molar-refractivity contribution is 0.0146. The Morgan fingerprint density at radius 3 is 2.05 bits per heavy atom. The number of rotatable bonds is 15. The normalized spacial score (nSPS) is 12.8. The van der Waals surface area contributed by atoms with Crippen molar-refractivity contribution in [2.24, 2.45) is 0 Å². The summed E-state index contributed by atoms with van der Waals surface area (Å²) in [6.45, 7) is 9.63. The van der Waals surface area contributed by atoms with Gasteiger partial charge in [-0.3, -0.25) is 0 Å². The van der Waals surface area contributed by atoms with Crippen LogP contribution in [-0.4, -0.2) is 63.9 Å². The maximum absolute atomic E-state index is 9.05. The molecule has 5 nitrogen and oxygen atoms in total. The molecule has 0 fully saturated rings.